The average molecular weight is 323 g/mol. The number of hydrogen-bond donors (Lipinski definition) is 0. The maximum atomic E-state index is 12.0. The molecule has 1 heterocycles. The summed E-state index contributed by atoms with van der Waals surface area (Å²) in [6, 6.07) is 14.0. The third-order valence-corrected chi connectivity index (χ3v) is 4.18. The van der Waals surface area contributed by atoms with E-state index in [0.717, 1.165) is 33.1 Å². The molecule has 0 aliphatic rings. The van der Waals surface area contributed by atoms with Crippen LogP contribution in [-0.2, 0) is 16.0 Å². The number of aromatic nitrogens is 1. The predicted octanol–water partition coefficient (Wildman–Crippen LogP) is 4.14. The van der Waals surface area contributed by atoms with Crippen LogP contribution < -0.4 is 4.74 Å². The van der Waals surface area contributed by atoms with Gasteiger partial charge in [-0.2, -0.15) is 0 Å². The van der Waals surface area contributed by atoms with E-state index in [4.69, 9.17) is 14.5 Å². The van der Waals surface area contributed by atoms with Crippen molar-refractivity contribution in [3.63, 3.8) is 0 Å². The third kappa shape index (κ3) is 3.04. The van der Waals surface area contributed by atoms with Gasteiger partial charge in [-0.25, -0.2) is 0 Å². The fourth-order valence-corrected chi connectivity index (χ4v) is 2.94. The van der Waals surface area contributed by atoms with Crippen LogP contribution in [0.2, 0.25) is 0 Å². The van der Waals surface area contributed by atoms with Crippen LogP contribution in [0, 0.1) is 5.92 Å². The van der Waals surface area contributed by atoms with E-state index >= 15 is 0 Å². The van der Waals surface area contributed by atoms with Crippen LogP contribution in [0.25, 0.3) is 21.7 Å². The minimum Gasteiger partial charge on any atom is -0.497 e. The van der Waals surface area contributed by atoms with Gasteiger partial charge in [-0.1, -0.05) is 25.1 Å². The van der Waals surface area contributed by atoms with Gasteiger partial charge in [0.15, 0.2) is 0 Å². The third-order valence-electron chi connectivity index (χ3n) is 4.18. The Kier molecular flexibility index (Phi) is 4.65. The van der Waals surface area contributed by atoms with Gasteiger partial charge >= 0.3 is 5.97 Å². The number of pyridine rings is 1. The topological polar surface area (TPSA) is 48.4 Å². The molecule has 124 valence electrons. The number of esters is 1. The van der Waals surface area contributed by atoms with Crippen LogP contribution in [0.4, 0.5) is 0 Å². The zero-order valence-electron chi connectivity index (χ0n) is 14.2. The van der Waals surface area contributed by atoms with E-state index in [9.17, 15) is 4.79 Å². The van der Waals surface area contributed by atoms with E-state index in [1.807, 2.05) is 44.2 Å². The summed E-state index contributed by atoms with van der Waals surface area (Å²) in [6.45, 7) is 4.09. The predicted molar refractivity (Wildman–Crippen MR) is 95.3 cm³/mol. The second kappa shape index (κ2) is 6.87. The number of hydrogen-bond acceptors (Lipinski definition) is 4. The van der Waals surface area contributed by atoms with Crippen LogP contribution in [0.1, 0.15) is 19.5 Å². The smallest absolute Gasteiger partial charge is 0.309 e. The van der Waals surface area contributed by atoms with Crippen molar-refractivity contribution >= 4 is 27.6 Å². The van der Waals surface area contributed by atoms with E-state index in [1.54, 1.807) is 7.11 Å². The van der Waals surface area contributed by atoms with Gasteiger partial charge < -0.3 is 9.47 Å². The van der Waals surface area contributed by atoms with Gasteiger partial charge in [-0.15, -0.1) is 0 Å². The van der Waals surface area contributed by atoms with Crippen molar-refractivity contribution in [2.45, 2.75) is 20.3 Å². The maximum Gasteiger partial charge on any atom is 0.309 e. The molecule has 3 aromatic rings. The van der Waals surface area contributed by atoms with Crippen LogP contribution in [0.5, 0.6) is 5.75 Å². The summed E-state index contributed by atoms with van der Waals surface area (Å²) in [5, 5.41) is 3.24. The number of carbonyl (C=O) groups excluding carboxylic acids is 1. The summed E-state index contributed by atoms with van der Waals surface area (Å²) in [5.74, 6) is 0.348. The second-order valence-corrected chi connectivity index (χ2v) is 5.84. The number of ether oxygens (including phenoxy) is 2. The lowest BCUT2D eigenvalue weighted by molar-refractivity contribution is -0.147. The SMILES string of the molecule is CCOC(=O)C(C)Cc1nc2ccccc2c2ccc(OC)cc12. The van der Waals surface area contributed by atoms with Gasteiger partial charge in [0.2, 0.25) is 0 Å². The molecule has 0 fully saturated rings. The highest BCUT2D eigenvalue weighted by Crippen LogP contribution is 2.30. The first-order valence-corrected chi connectivity index (χ1v) is 8.16. The molecule has 3 rings (SSSR count). The molecule has 0 amide bonds. The Morgan fingerprint density at radius 3 is 2.67 bits per heavy atom. The van der Waals surface area contributed by atoms with Gasteiger partial charge in [0.25, 0.3) is 0 Å². The van der Waals surface area contributed by atoms with E-state index in [-0.39, 0.29) is 11.9 Å². The summed E-state index contributed by atoms with van der Waals surface area (Å²) < 4.78 is 10.5. The zero-order valence-corrected chi connectivity index (χ0v) is 14.2. The van der Waals surface area contributed by atoms with Crippen molar-refractivity contribution in [1.29, 1.82) is 0 Å². The molecule has 2 aromatic carbocycles. The van der Waals surface area contributed by atoms with Crippen LogP contribution in [0.15, 0.2) is 42.5 Å². The number of benzene rings is 2. The first-order valence-electron chi connectivity index (χ1n) is 8.16. The molecule has 0 N–H and O–H groups in total. The molecule has 0 radical (unpaired) electrons. The molecule has 0 aliphatic heterocycles. The number of nitrogens with zero attached hydrogens (tertiary/aromatic N) is 1. The molecule has 1 aromatic heterocycles. The fraction of sp³-hybridized carbons (Fsp3) is 0.300. The van der Waals surface area contributed by atoms with Gasteiger partial charge in [-0.3, -0.25) is 9.78 Å². The van der Waals surface area contributed by atoms with Crippen molar-refractivity contribution in [2.75, 3.05) is 13.7 Å². The summed E-state index contributed by atoms with van der Waals surface area (Å²) in [7, 11) is 1.65. The Bertz CT molecular complexity index is 889. The van der Waals surface area contributed by atoms with Crippen molar-refractivity contribution in [3.05, 3.63) is 48.2 Å². The highest BCUT2D eigenvalue weighted by Gasteiger charge is 2.18. The van der Waals surface area contributed by atoms with Gasteiger partial charge in [0.05, 0.1) is 25.2 Å². The van der Waals surface area contributed by atoms with Crippen LogP contribution >= 0.6 is 0 Å². The average Bonchev–Trinajstić information content (AvgIpc) is 2.61. The first-order chi connectivity index (χ1) is 11.6. The van der Waals surface area contributed by atoms with Crippen molar-refractivity contribution < 1.29 is 14.3 Å². The Morgan fingerprint density at radius 1 is 1.12 bits per heavy atom. The molecule has 0 saturated heterocycles. The molecule has 1 atom stereocenters. The van der Waals surface area contributed by atoms with Crippen LogP contribution in [-0.4, -0.2) is 24.7 Å². The molecule has 4 heteroatoms. The lowest BCUT2D eigenvalue weighted by Crippen LogP contribution is -2.17. The lowest BCUT2D eigenvalue weighted by atomic mass is 9.98. The van der Waals surface area contributed by atoms with E-state index in [0.29, 0.717) is 13.0 Å². The normalized spacial score (nSPS) is 12.3. The number of methoxy groups -OCH3 is 1. The Balaban J connectivity index is 2.14. The molecular formula is C20H21NO3. The number of fused-ring (bicyclic) bond motifs is 3. The van der Waals surface area contributed by atoms with E-state index < -0.39 is 0 Å². The van der Waals surface area contributed by atoms with Gasteiger partial charge in [0.1, 0.15) is 5.75 Å². The minimum atomic E-state index is -0.243. The molecule has 0 spiro atoms. The second-order valence-electron chi connectivity index (χ2n) is 5.84. The Hall–Kier alpha value is -2.62. The number of carbonyl (C=O) groups is 1. The molecule has 1 unspecified atom stereocenters. The quantitative estimate of drug-likeness (QED) is 0.523. The summed E-state index contributed by atoms with van der Waals surface area (Å²) in [4.78, 5) is 16.8. The molecule has 4 nitrogen and oxygen atoms in total. The fourth-order valence-electron chi connectivity index (χ4n) is 2.94. The van der Waals surface area contributed by atoms with Crippen molar-refractivity contribution in [1.82, 2.24) is 4.98 Å². The highest BCUT2D eigenvalue weighted by molar-refractivity contribution is 6.07. The van der Waals surface area contributed by atoms with Gasteiger partial charge in [0, 0.05) is 22.9 Å². The lowest BCUT2D eigenvalue weighted by Gasteiger charge is -2.14. The summed E-state index contributed by atoms with van der Waals surface area (Å²) in [5.41, 5.74) is 1.82. The molecule has 0 aliphatic carbocycles. The molecular weight excluding hydrogens is 302 g/mol. The van der Waals surface area contributed by atoms with Crippen LogP contribution in [0.3, 0.4) is 0 Å². The monoisotopic (exact) mass is 323 g/mol. The number of para-hydroxylation sites is 1. The Labute approximate surface area is 141 Å². The molecule has 0 saturated carbocycles. The van der Waals surface area contributed by atoms with Crippen molar-refractivity contribution in [3.8, 4) is 5.75 Å². The summed E-state index contributed by atoms with van der Waals surface area (Å²) >= 11 is 0. The van der Waals surface area contributed by atoms with Crippen molar-refractivity contribution in [2.24, 2.45) is 5.92 Å². The van der Waals surface area contributed by atoms with E-state index in [1.165, 1.54) is 0 Å². The zero-order chi connectivity index (χ0) is 17.1. The number of rotatable bonds is 5. The molecule has 24 heavy (non-hydrogen) atoms. The highest BCUT2D eigenvalue weighted by atomic mass is 16.5. The van der Waals surface area contributed by atoms with E-state index in [2.05, 4.69) is 12.1 Å². The minimum absolute atomic E-state index is 0.191. The maximum absolute atomic E-state index is 12.0. The summed E-state index contributed by atoms with van der Waals surface area (Å²) in [6.07, 6.45) is 0.535. The molecule has 0 bridgehead atoms. The standard InChI is InChI=1S/C20H21NO3/c1-4-24-20(22)13(2)11-19-17-12-14(23-3)9-10-15(17)16-7-5-6-8-18(16)21-19/h5-10,12-13H,4,11H2,1-3H3. The largest absolute Gasteiger partial charge is 0.497 e. The first kappa shape index (κ1) is 16.2. The Morgan fingerprint density at radius 2 is 1.92 bits per heavy atom. The van der Waals surface area contributed by atoms with Gasteiger partial charge in [-0.05, 0) is 36.6 Å².